The van der Waals surface area contributed by atoms with Crippen molar-refractivity contribution in [3.05, 3.63) is 28.2 Å². The van der Waals surface area contributed by atoms with E-state index < -0.39 is 10.0 Å². The molecule has 1 aliphatic heterocycles. The Kier molecular flexibility index (Phi) is 7.73. The summed E-state index contributed by atoms with van der Waals surface area (Å²) in [5, 5.41) is 3.53. The summed E-state index contributed by atoms with van der Waals surface area (Å²) in [5.74, 6) is 0.0155. The van der Waals surface area contributed by atoms with Gasteiger partial charge in [0.2, 0.25) is 10.0 Å². The maximum absolute atomic E-state index is 12.7. The lowest BCUT2D eigenvalue weighted by atomic mass is 10.2. The van der Waals surface area contributed by atoms with Gasteiger partial charge < -0.3 is 10.2 Å². The molecule has 0 unspecified atom stereocenters. The van der Waals surface area contributed by atoms with Gasteiger partial charge >= 0.3 is 0 Å². The molecule has 1 amide bonds. The molecule has 1 atom stereocenters. The van der Waals surface area contributed by atoms with Gasteiger partial charge in [-0.15, -0.1) is 0 Å². The smallest absolute Gasteiger partial charge is 0.275 e. The predicted molar refractivity (Wildman–Crippen MR) is 103 cm³/mol. The molecule has 0 radical (unpaired) electrons. The van der Waals surface area contributed by atoms with Crippen molar-refractivity contribution in [2.24, 2.45) is 0 Å². The van der Waals surface area contributed by atoms with Gasteiger partial charge in [-0.1, -0.05) is 36.5 Å². The van der Waals surface area contributed by atoms with Crippen LogP contribution in [0.25, 0.3) is 0 Å². The van der Waals surface area contributed by atoms with Crippen molar-refractivity contribution < 1.29 is 18.1 Å². The minimum atomic E-state index is -3.60. The number of amides is 1. The van der Waals surface area contributed by atoms with Crippen molar-refractivity contribution in [1.82, 2.24) is 9.62 Å². The van der Waals surface area contributed by atoms with Crippen LogP contribution in [0.2, 0.25) is 10.0 Å². The molecule has 0 aromatic heterocycles. The van der Waals surface area contributed by atoms with Gasteiger partial charge in [0.1, 0.15) is 0 Å². The zero-order valence-electron chi connectivity index (χ0n) is 15.1. The summed E-state index contributed by atoms with van der Waals surface area (Å²) in [5.41, 5.74) is 0. The standard InChI is InChI=1S/C17H25Cl2N3O3S/c1-3-4-13(2)20-17(23)12-21-7-9-22(10-8-21)26(24,25)14-5-6-15(18)16(19)11-14/h5-6,11,13H,3-4,7-10,12H2,1-2H3,(H,20,23)/p+1/t13-/m0/s1. The van der Waals surface area contributed by atoms with E-state index >= 15 is 0 Å². The number of hydrogen-bond donors (Lipinski definition) is 2. The molecule has 1 aromatic carbocycles. The lowest BCUT2D eigenvalue weighted by Gasteiger charge is -2.31. The van der Waals surface area contributed by atoms with E-state index in [4.69, 9.17) is 23.2 Å². The van der Waals surface area contributed by atoms with Crippen LogP contribution in [0.1, 0.15) is 26.7 Å². The summed E-state index contributed by atoms with van der Waals surface area (Å²) in [7, 11) is -3.60. The number of nitrogens with one attached hydrogen (secondary N) is 2. The molecule has 2 rings (SSSR count). The van der Waals surface area contributed by atoms with Gasteiger partial charge in [0.15, 0.2) is 6.54 Å². The second-order valence-electron chi connectivity index (χ2n) is 6.66. The van der Waals surface area contributed by atoms with Crippen molar-refractivity contribution in [2.75, 3.05) is 32.7 Å². The van der Waals surface area contributed by atoms with Crippen LogP contribution in [0.15, 0.2) is 23.1 Å². The summed E-state index contributed by atoms with van der Waals surface area (Å²) in [6.45, 7) is 6.38. The highest BCUT2D eigenvalue weighted by molar-refractivity contribution is 7.89. The molecule has 1 heterocycles. The molecular formula is C17H26Cl2N3O3S+. The minimum Gasteiger partial charge on any atom is -0.349 e. The molecule has 1 fully saturated rings. The predicted octanol–water partition coefficient (Wildman–Crippen LogP) is 1.19. The van der Waals surface area contributed by atoms with Crippen molar-refractivity contribution in [1.29, 1.82) is 0 Å². The summed E-state index contributed by atoms with van der Waals surface area (Å²) < 4.78 is 26.9. The lowest BCUT2D eigenvalue weighted by molar-refractivity contribution is -0.895. The lowest BCUT2D eigenvalue weighted by Crippen LogP contribution is -3.15. The van der Waals surface area contributed by atoms with Crippen molar-refractivity contribution in [3.63, 3.8) is 0 Å². The average molecular weight is 423 g/mol. The number of benzene rings is 1. The first-order valence-corrected chi connectivity index (χ1v) is 11.0. The molecule has 1 saturated heterocycles. The van der Waals surface area contributed by atoms with Crippen LogP contribution in [0, 0.1) is 0 Å². The normalized spacial score (nSPS) is 17.8. The third-order valence-electron chi connectivity index (χ3n) is 4.50. The molecule has 9 heteroatoms. The zero-order valence-corrected chi connectivity index (χ0v) is 17.4. The average Bonchev–Trinajstić information content (AvgIpc) is 2.57. The topological polar surface area (TPSA) is 70.9 Å². The second-order valence-corrected chi connectivity index (χ2v) is 9.42. The van der Waals surface area contributed by atoms with Gasteiger partial charge in [0.05, 0.1) is 41.1 Å². The first kappa shape index (κ1) is 21.4. The fourth-order valence-electron chi connectivity index (χ4n) is 3.06. The quantitative estimate of drug-likeness (QED) is 0.692. The Balaban J connectivity index is 1.91. The Hall–Kier alpha value is -0.860. The Bertz CT molecular complexity index is 735. The van der Waals surface area contributed by atoms with Gasteiger partial charge in [-0.3, -0.25) is 4.79 Å². The maximum Gasteiger partial charge on any atom is 0.275 e. The highest BCUT2D eigenvalue weighted by atomic mass is 35.5. The number of carbonyl (C=O) groups excluding carboxylic acids is 1. The molecular weight excluding hydrogens is 397 g/mol. The van der Waals surface area contributed by atoms with Crippen molar-refractivity contribution >= 4 is 39.1 Å². The van der Waals surface area contributed by atoms with Crippen LogP contribution < -0.4 is 10.2 Å². The van der Waals surface area contributed by atoms with Gasteiger partial charge in [-0.25, -0.2) is 8.42 Å². The number of hydrogen-bond acceptors (Lipinski definition) is 3. The zero-order chi connectivity index (χ0) is 19.3. The number of rotatable bonds is 7. The second kappa shape index (κ2) is 9.37. The van der Waals surface area contributed by atoms with E-state index in [1.165, 1.54) is 22.5 Å². The third kappa shape index (κ3) is 5.57. The van der Waals surface area contributed by atoms with Crippen LogP contribution in [0.5, 0.6) is 0 Å². The van der Waals surface area contributed by atoms with Gasteiger partial charge in [0.25, 0.3) is 5.91 Å². The van der Waals surface area contributed by atoms with Crippen LogP contribution >= 0.6 is 23.2 Å². The number of halogens is 2. The van der Waals surface area contributed by atoms with E-state index in [2.05, 4.69) is 12.2 Å². The number of nitrogens with zero attached hydrogens (tertiary/aromatic N) is 1. The molecule has 0 spiro atoms. The Labute approximate surface area is 165 Å². The van der Waals surface area contributed by atoms with Crippen LogP contribution in [-0.4, -0.2) is 57.4 Å². The Morgan fingerprint density at radius 1 is 1.27 bits per heavy atom. The Morgan fingerprint density at radius 2 is 1.92 bits per heavy atom. The third-order valence-corrected chi connectivity index (χ3v) is 7.13. The molecule has 2 N–H and O–H groups in total. The number of quaternary nitrogens is 1. The fourth-order valence-corrected chi connectivity index (χ4v) is 4.90. The van der Waals surface area contributed by atoms with E-state index in [-0.39, 0.29) is 21.9 Å². The molecule has 26 heavy (non-hydrogen) atoms. The van der Waals surface area contributed by atoms with Crippen LogP contribution in [0.3, 0.4) is 0 Å². The summed E-state index contributed by atoms with van der Waals surface area (Å²) in [4.78, 5) is 13.3. The number of carbonyl (C=O) groups is 1. The summed E-state index contributed by atoms with van der Waals surface area (Å²) in [6, 6.07) is 4.50. The molecule has 6 nitrogen and oxygen atoms in total. The molecule has 1 aliphatic rings. The summed E-state index contributed by atoms with van der Waals surface area (Å²) in [6.07, 6.45) is 1.98. The van der Waals surface area contributed by atoms with Gasteiger partial charge in [0, 0.05) is 6.04 Å². The highest BCUT2D eigenvalue weighted by Crippen LogP contribution is 2.26. The molecule has 0 aliphatic carbocycles. The van der Waals surface area contributed by atoms with Crippen molar-refractivity contribution in [2.45, 2.75) is 37.6 Å². The molecule has 1 aromatic rings. The number of sulfonamides is 1. The van der Waals surface area contributed by atoms with Crippen LogP contribution in [0.4, 0.5) is 0 Å². The molecule has 146 valence electrons. The molecule has 0 saturated carbocycles. The van der Waals surface area contributed by atoms with Crippen LogP contribution in [-0.2, 0) is 14.8 Å². The maximum atomic E-state index is 12.7. The largest absolute Gasteiger partial charge is 0.349 e. The summed E-state index contributed by atoms with van der Waals surface area (Å²) >= 11 is 11.8. The van der Waals surface area contributed by atoms with E-state index in [1.807, 2.05) is 6.92 Å². The minimum absolute atomic E-state index is 0.0155. The fraction of sp³-hybridized carbons (Fsp3) is 0.588. The molecule has 0 bridgehead atoms. The van der Waals surface area contributed by atoms with E-state index in [0.717, 1.165) is 17.7 Å². The number of piperazine rings is 1. The Morgan fingerprint density at radius 3 is 2.50 bits per heavy atom. The first-order chi connectivity index (χ1) is 12.2. The monoisotopic (exact) mass is 422 g/mol. The van der Waals surface area contributed by atoms with Gasteiger partial charge in [-0.05, 0) is 31.5 Å². The van der Waals surface area contributed by atoms with Gasteiger partial charge in [-0.2, -0.15) is 4.31 Å². The SMILES string of the molecule is CCC[C@H](C)NC(=O)C[NH+]1CCN(S(=O)(=O)c2ccc(Cl)c(Cl)c2)CC1. The van der Waals surface area contributed by atoms with E-state index in [9.17, 15) is 13.2 Å². The first-order valence-electron chi connectivity index (χ1n) is 8.82. The van der Waals surface area contributed by atoms with Crippen molar-refractivity contribution in [3.8, 4) is 0 Å². The highest BCUT2D eigenvalue weighted by Gasteiger charge is 2.31. The van der Waals surface area contributed by atoms with E-state index in [1.54, 1.807) is 0 Å². The van der Waals surface area contributed by atoms with E-state index in [0.29, 0.717) is 37.7 Å².